The van der Waals surface area contributed by atoms with Gasteiger partial charge in [0.15, 0.2) is 5.96 Å². The van der Waals surface area contributed by atoms with Crippen LogP contribution >= 0.6 is 11.3 Å². The highest BCUT2D eigenvalue weighted by Crippen LogP contribution is 2.17. The maximum Gasteiger partial charge on any atom is 0.191 e. The Morgan fingerprint density at radius 2 is 1.92 bits per heavy atom. The van der Waals surface area contributed by atoms with E-state index < -0.39 is 0 Å². The second-order valence-electron chi connectivity index (χ2n) is 5.89. The van der Waals surface area contributed by atoms with Gasteiger partial charge in [0.1, 0.15) is 0 Å². The molecule has 0 unspecified atom stereocenters. The lowest BCUT2D eigenvalue weighted by molar-refractivity contribution is 0.729. The Morgan fingerprint density at radius 1 is 1.17 bits per heavy atom. The molecular weight excluding hydrogens is 320 g/mol. The molecule has 0 aliphatic carbocycles. The minimum atomic E-state index is 0.664. The summed E-state index contributed by atoms with van der Waals surface area (Å²) in [6, 6.07) is 0. The third-order valence-electron chi connectivity index (χ3n) is 4.05. The second kappa shape index (κ2) is 8.28. The van der Waals surface area contributed by atoms with Crippen LogP contribution < -0.4 is 10.6 Å². The number of nitrogens with one attached hydrogen (secondary N) is 2. The van der Waals surface area contributed by atoms with E-state index in [9.17, 15) is 0 Å². The van der Waals surface area contributed by atoms with E-state index in [1.807, 2.05) is 25.6 Å². The van der Waals surface area contributed by atoms with Crippen molar-refractivity contribution in [3.8, 4) is 0 Å². The van der Waals surface area contributed by atoms with E-state index in [-0.39, 0.29) is 0 Å². The number of rotatable bonds is 6. The molecule has 2 aromatic heterocycles. The van der Waals surface area contributed by atoms with E-state index in [4.69, 9.17) is 0 Å². The van der Waals surface area contributed by atoms with Gasteiger partial charge in [-0.05, 0) is 46.6 Å². The normalized spacial score (nSPS) is 11.8. The number of aryl methyl sites for hydroxylation is 4. The first-order valence-corrected chi connectivity index (χ1v) is 9.18. The molecule has 0 fully saturated rings. The molecule has 6 nitrogen and oxygen atoms in total. The molecular formula is C17H28N6S. The van der Waals surface area contributed by atoms with Gasteiger partial charge in [0, 0.05) is 30.7 Å². The van der Waals surface area contributed by atoms with Crippen LogP contribution in [-0.4, -0.2) is 33.8 Å². The fraction of sp³-hybridized carbons (Fsp3) is 0.588. The van der Waals surface area contributed by atoms with Gasteiger partial charge in [-0.1, -0.05) is 0 Å². The molecule has 0 aromatic carbocycles. The minimum Gasteiger partial charge on any atom is -0.357 e. The van der Waals surface area contributed by atoms with Crippen molar-refractivity contribution in [2.45, 2.75) is 47.6 Å². The van der Waals surface area contributed by atoms with Crippen LogP contribution in [0.4, 0.5) is 0 Å². The number of aromatic nitrogens is 3. The third kappa shape index (κ3) is 4.56. The molecule has 0 saturated heterocycles. The lowest BCUT2D eigenvalue weighted by Crippen LogP contribution is -2.38. The van der Waals surface area contributed by atoms with Crippen LogP contribution in [0.15, 0.2) is 4.99 Å². The summed E-state index contributed by atoms with van der Waals surface area (Å²) in [5, 5.41) is 12.3. The Kier molecular flexibility index (Phi) is 6.36. The van der Waals surface area contributed by atoms with Gasteiger partial charge in [-0.25, -0.2) is 9.98 Å². The van der Waals surface area contributed by atoms with E-state index >= 15 is 0 Å². The van der Waals surface area contributed by atoms with Crippen molar-refractivity contribution < 1.29 is 0 Å². The number of thiazole rings is 1. The van der Waals surface area contributed by atoms with Gasteiger partial charge in [-0.15, -0.1) is 11.3 Å². The van der Waals surface area contributed by atoms with Crippen molar-refractivity contribution in [2.75, 3.05) is 13.1 Å². The smallest absolute Gasteiger partial charge is 0.191 e. The van der Waals surface area contributed by atoms with Crippen molar-refractivity contribution in [1.29, 1.82) is 0 Å². The molecule has 2 N–H and O–H groups in total. The molecule has 7 heteroatoms. The summed E-state index contributed by atoms with van der Waals surface area (Å²) in [5.41, 5.74) is 4.73. The van der Waals surface area contributed by atoms with E-state index in [2.05, 4.69) is 46.5 Å². The van der Waals surface area contributed by atoms with E-state index in [1.54, 1.807) is 11.3 Å². The predicted octanol–water partition coefficient (Wildman–Crippen LogP) is 2.41. The molecule has 0 amide bonds. The summed E-state index contributed by atoms with van der Waals surface area (Å²) in [5.74, 6) is 0.849. The Labute approximate surface area is 148 Å². The zero-order valence-electron chi connectivity index (χ0n) is 15.5. The molecule has 0 bridgehead atoms. The van der Waals surface area contributed by atoms with Gasteiger partial charge < -0.3 is 10.6 Å². The summed E-state index contributed by atoms with van der Waals surface area (Å²) in [6.07, 6.45) is 0.939. The fourth-order valence-electron chi connectivity index (χ4n) is 2.70. The van der Waals surface area contributed by atoms with Crippen molar-refractivity contribution in [3.63, 3.8) is 0 Å². The molecule has 2 rings (SSSR count). The molecule has 0 radical (unpaired) electrons. The van der Waals surface area contributed by atoms with Gasteiger partial charge in [0.05, 0.1) is 22.9 Å². The molecule has 0 aliphatic rings. The quantitative estimate of drug-likeness (QED) is 0.621. The van der Waals surface area contributed by atoms with E-state index in [1.165, 1.54) is 16.1 Å². The van der Waals surface area contributed by atoms with Crippen LogP contribution in [0.3, 0.4) is 0 Å². The lowest BCUT2D eigenvalue weighted by atomic mass is 10.1. The number of guanidine groups is 1. The average molecular weight is 349 g/mol. The Hall–Kier alpha value is -1.89. The predicted molar refractivity (Wildman–Crippen MR) is 101 cm³/mol. The maximum atomic E-state index is 4.68. The van der Waals surface area contributed by atoms with Crippen LogP contribution in [0.5, 0.6) is 0 Å². The number of hydrogen-bond acceptors (Lipinski definition) is 4. The van der Waals surface area contributed by atoms with Crippen LogP contribution in [0.25, 0.3) is 0 Å². The van der Waals surface area contributed by atoms with Crippen molar-refractivity contribution in [1.82, 2.24) is 25.4 Å². The van der Waals surface area contributed by atoms with Crippen LogP contribution in [-0.2, 0) is 20.0 Å². The molecule has 24 heavy (non-hydrogen) atoms. The minimum absolute atomic E-state index is 0.664. The van der Waals surface area contributed by atoms with Crippen molar-refractivity contribution in [2.24, 2.45) is 12.0 Å². The van der Waals surface area contributed by atoms with E-state index in [0.717, 1.165) is 41.9 Å². The van der Waals surface area contributed by atoms with Gasteiger partial charge in [0.25, 0.3) is 0 Å². The summed E-state index contributed by atoms with van der Waals surface area (Å²) in [4.78, 5) is 10.4. The lowest BCUT2D eigenvalue weighted by Gasteiger charge is -2.11. The van der Waals surface area contributed by atoms with Crippen LogP contribution in [0.2, 0.25) is 0 Å². The molecule has 0 saturated carbocycles. The number of aliphatic imine (C=N–C) groups is 1. The Morgan fingerprint density at radius 3 is 2.46 bits per heavy atom. The van der Waals surface area contributed by atoms with Crippen LogP contribution in [0.1, 0.15) is 39.5 Å². The SMILES string of the molecule is CCNC(=NCc1sc(C)nc1C)NCCc1c(C)nn(C)c1C. The van der Waals surface area contributed by atoms with Gasteiger partial charge in [-0.3, -0.25) is 4.68 Å². The number of nitrogens with zero attached hydrogens (tertiary/aromatic N) is 4. The van der Waals surface area contributed by atoms with E-state index in [0.29, 0.717) is 6.54 Å². The molecule has 0 spiro atoms. The average Bonchev–Trinajstić information content (AvgIpc) is 2.97. The molecule has 0 aliphatic heterocycles. The standard InChI is InChI=1S/C17H28N6S/c1-7-18-17(20-10-16-12(3)21-14(5)24-16)19-9-8-15-11(2)22-23(6)13(15)4/h7-10H2,1-6H3,(H2,18,19,20). The maximum absolute atomic E-state index is 4.68. The molecule has 0 atom stereocenters. The summed E-state index contributed by atoms with van der Waals surface area (Å²) < 4.78 is 1.94. The zero-order valence-corrected chi connectivity index (χ0v) is 16.3. The highest BCUT2D eigenvalue weighted by molar-refractivity contribution is 7.11. The first-order valence-electron chi connectivity index (χ1n) is 8.36. The Bertz CT molecular complexity index is 713. The van der Waals surface area contributed by atoms with Crippen LogP contribution in [0, 0.1) is 27.7 Å². The highest BCUT2D eigenvalue weighted by Gasteiger charge is 2.09. The zero-order chi connectivity index (χ0) is 17.7. The topological polar surface area (TPSA) is 67.1 Å². The summed E-state index contributed by atoms with van der Waals surface area (Å²) in [6.45, 7) is 12.7. The van der Waals surface area contributed by atoms with Crippen molar-refractivity contribution >= 4 is 17.3 Å². The van der Waals surface area contributed by atoms with Gasteiger partial charge >= 0.3 is 0 Å². The highest BCUT2D eigenvalue weighted by atomic mass is 32.1. The summed E-state index contributed by atoms with van der Waals surface area (Å²) >= 11 is 1.72. The first kappa shape index (κ1) is 18.4. The molecule has 132 valence electrons. The fourth-order valence-corrected chi connectivity index (χ4v) is 3.56. The van der Waals surface area contributed by atoms with Gasteiger partial charge in [0.2, 0.25) is 0 Å². The monoisotopic (exact) mass is 348 g/mol. The third-order valence-corrected chi connectivity index (χ3v) is 5.11. The Balaban J connectivity index is 1.95. The van der Waals surface area contributed by atoms with Gasteiger partial charge in [-0.2, -0.15) is 5.10 Å². The largest absolute Gasteiger partial charge is 0.357 e. The summed E-state index contributed by atoms with van der Waals surface area (Å²) in [7, 11) is 1.99. The molecule has 2 aromatic rings. The number of hydrogen-bond donors (Lipinski definition) is 2. The second-order valence-corrected chi connectivity index (χ2v) is 7.17. The first-order chi connectivity index (χ1) is 11.4. The van der Waals surface area contributed by atoms with Crippen molar-refractivity contribution in [3.05, 3.63) is 32.5 Å². The molecule has 2 heterocycles.